The van der Waals surface area contributed by atoms with Crippen molar-refractivity contribution in [1.29, 1.82) is 0 Å². The van der Waals surface area contributed by atoms with E-state index in [9.17, 15) is 19.2 Å². The second-order valence-electron chi connectivity index (χ2n) is 12.2. The summed E-state index contributed by atoms with van der Waals surface area (Å²) in [4.78, 5) is 53.7. The van der Waals surface area contributed by atoms with Crippen LogP contribution in [0.3, 0.4) is 0 Å². The molecule has 2 aromatic carbocycles. The van der Waals surface area contributed by atoms with E-state index in [-0.39, 0.29) is 31.4 Å². The highest BCUT2D eigenvalue weighted by Gasteiger charge is 2.38. The molecule has 4 atom stereocenters. The fourth-order valence-corrected chi connectivity index (χ4v) is 5.70. The van der Waals surface area contributed by atoms with E-state index in [4.69, 9.17) is 9.47 Å². The normalized spacial score (nSPS) is 16.6. The van der Waals surface area contributed by atoms with Gasteiger partial charge in [0.25, 0.3) is 0 Å². The van der Waals surface area contributed by atoms with Crippen LogP contribution in [0.1, 0.15) is 64.0 Å². The molecule has 3 amide bonds. The van der Waals surface area contributed by atoms with E-state index in [0.29, 0.717) is 44.1 Å². The maximum absolute atomic E-state index is 13.9. The Kier molecular flexibility index (Phi) is 14.6. The van der Waals surface area contributed by atoms with Gasteiger partial charge in [0.15, 0.2) is 0 Å². The lowest BCUT2D eigenvalue weighted by Gasteiger charge is -2.28. The fraction of sp³-hybridized carbons (Fsp3) is 0.500. The van der Waals surface area contributed by atoms with Crippen LogP contribution in [0.25, 0.3) is 0 Å². The fourth-order valence-electron chi connectivity index (χ4n) is 5.70. The summed E-state index contributed by atoms with van der Waals surface area (Å²) < 4.78 is 10.2. The number of amides is 3. The predicted octanol–water partition coefficient (Wildman–Crippen LogP) is 5.44. The first kappa shape index (κ1) is 35.3. The Balaban J connectivity index is 1.59. The number of hydrogen-bond donors (Lipinski definition) is 2. The molecule has 3 rings (SSSR count). The van der Waals surface area contributed by atoms with Crippen LogP contribution in [-0.4, -0.2) is 61.1 Å². The Morgan fingerprint density at radius 2 is 1.62 bits per heavy atom. The highest BCUT2D eigenvalue weighted by Crippen LogP contribution is 2.24. The summed E-state index contributed by atoms with van der Waals surface area (Å²) in [7, 11) is 1.27. The molecule has 9 heteroatoms. The lowest BCUT2D eigenvalue weighted by Crippen LogP contribution is -2.52. The highest BCUT2D eigenvalue weighted by atomic mass is 16.5. The van der Waals surface area contributed by atoms with Crippen LogP contribution in [0.2, 0.25) is 0 Å². The maximum Gasteiger partial charge on any atom is 0.407 e. The summed E-state index contributed by atoms with van der Waals surface area (Å²) in [6.07, 6.45) is 7.02. The number of benzene rings is 2. The predicted molar refractivity (Wildman–Crippen MR) is 174 cm³/mol. The Labute approximate surface area is 267 Å². The van der Waals surface area contributed by atoms with Crippen LogP contribution in [0.15, 0.2) is 72.8 Å². The molecule has 0 aliphatic carbocycles. The molecule has 0 saturated carbocycles. The molecular weight excluding hydrogens is 570 g/mol. The van der Waals surface area contributed by atoms with Gasteiger partial charge in [0.2, 0.25) is 11.8 Å². The van der Waals surface area contributed by atoms with Gasteiger partial charge in [-0.1, -0.05) is 93.6 Å². The Hall–Kier alpha value is -4.14. The molecule has 0 radical (unpaired) electrons. The maximum atomic E-state index is 13.9. The lowest BCUT2D eigenvalue weighted by atomic mass is 9.93. The molecule has 1 heterocycles. The summed E-state index contributed by atoms with van der Waals surface area (Å²) >= 11 is 0. The van der Waals surface area contributed by atoms with Crippen molar-refractivity contribution in [2.75, 3.05) is 20.2 Å². The summed E-state index contributed by atoms with van der Waals surface area (Å²) in [6.45, 7) is 7.42. The number of allylic oxidation sites excluding steroid dienone is 1. The standard InChI is InChI=1S/C36H49N3O6/c1-26(2)23-27(3)19-20-30(24-28-13-7-5-8-14-28)34(41)39-22-12-18-32(39)33(40)38-31(35(42)44-4)17-11-21-37-36(43)45-25-29-15-9-6-10-16-29/h5-10,13-16,19-20,26-27,30-32H,11-12,17-18,21-25H2,1-4H3,(H,37,43)(H,38,40)/b20-19+/t27-,30-,31+,32+/m1/s1. The second-order valence-corrected chi connectivity index (χ2v) is 12.2. The van der Waals surface area contributed by atoms with Crippen molar-refractivity contribution in [3.63, 3.8) is 0 Å². The van der Waals surface area contributed by atoms with Gasteiger partial charge in [-0.25, -0.2) is 9.59 Å². The lowest BCUT2D eigenvalue weighted by molar-refractivity contribution is -0.146. The van der Waals surface area contributed by atoms with Gasteiger partial charge in [-0.3, -0.25) is 9.59 Å². The number of nitrogens with one attached hydrogen (secondary N) is 2. The first-order valence-electron chi connectivity index (χ1n) is 16.0. The Bertz CT molecular complexity index is 1250. The zero-order valence-electron chi connectivity index (χ0n) is 27.1. The van der Waals surface area contributed by atoms with Crippen LogP contribution >= 0.6 is 0 Å². The largest absolute Gasteiger partial charge is 0.467 e. The molecule has 1 saturated heterocycles. The first-order chi connectivity index (χ1) is 21.7. The number of methoxy groups -OCH3 is 1. The molecule has 1 aliphatic rings. The van der Waals surface area contributed by atoms with Gasteiger partial charge in [0, 0.05) is 13.1 Å². The van der Waals surface area contributed by atoms with Gasteiger partial charge in [-0.2, -0.15) is 0 Å². The SMILES string of the molecule is COC(=O)[C@H](CCCNC(=O)OCc1ccccc1)NC(=O)[C@@H]1CCCN1C(=O)[C@H](/C=C/[C@@H](C)CC(C)C)Cc1ccccc1. The topological polar surface area (TPSA) is 114 Å². The average Bonchev–Trinajstić information content (AvgIpc) is 3.54. The van der Waals surface area contributed by atoms with Gasteiger partial charge in [-0.05, 0) is 61.5 Å². The zero-order chi connectivity index (χ0) is 32.6. The molecule has 0 bridgehead atoms. The molecule has 0 unspecified atom stereocenters. The number of rotatable bonds is 16. The molecule has 244 valence electrons. The number of alkyl carbamates (subject to hydrolysis) is 1. The van der Waals surface area contributed by atoms with Crippen LogP contribution < -0.4 is 10.6 Å². The van der Waals surface area contributed by atoms with Gasteiger partial charge in [-0.15, -0.1) is 0 Å². The van der Waals surface area contributed by atoms with E-state index in [1.165, 1.54) is 7.11 Å². The van der Waals surface area contributed by atoms with Gasteiger partial charge in [0.05, 0.1) is 13.0 Å². The first-order valence-corrected chi connectivity index (χ1v) is 16.0. The number of likely N-dealkylation sites (tertiary alicyclic amines) is 1. The van der Waals surface area contributed by atoms with Gasteiger partial charge < -0.3 is 25.0 Å². The van der Waals surface area contributed by atoms with Crippen molar-refractivity contribution < 1.29 is 28.7 Å². The van der Waals surface area contributed by atoms with E-state index >= 15 is 0 Å². The highest BCUT2D eigenvalue weighted by molar-refractivity contribution is 5.92. The molecular formula is C36H49N3O6. The number of hydrogen-bond acceptors (Lipinski definition) is 6. The van der Waals surface area contributed by atoms with E-state index in [0.717, 1.165) is 17.5 Å². The van der Waals surface area contributed by atoms with Crippen molar-refractivity contribution in [1.82, 2.24) is 15.5 Å². The smallest absolute Gasteiger partial charge is 0.407 e. The number of ether oxygens (including phenoxy) is 2. The Morgan fingerprint density at radius 3 is 2.27 bits per heavy atom. The number of carbonyl (C=O) groups is 4. The van der Waals surface area contributed by atoms with Crippen molar-refractivity contribution in [2.24, 2.45) is 17.8 Å². The Morgan fingerprint density at radius 1 is 0.956 bits per heavy atom. The third-order valence-corrected chi connectivity index (χ3v) is 7.92. The molecule has 9 nitrogen and oxygen atoms in total. The molecule has 2 aromatic rings. The van der Waals surface area contributed by atoms with Crippen LogP contribution in [0.5, 0.6) is 0 Å². The summed E-state index contributed by atoms with van der Waals surface area (Å²) in [5.41, 5.74) is 1.93. The van der Waals surface area contributed by atoms with Crippen LogP contribution in [-0.2, 0) is 36.9 Å². The molecule has 2 N–H and O–H groups in total. The number of carbonyl (C=O) groups excluding carboxylic acids is 4. The average molecular weight is 620 g/mol. The molecule has 0 spiro atoms. The molecule has 45 heavy (non-hydrogen) atoms. The van der Waals surface area contributed by atoms with Crippen molar-refractivity contribution in [3.05, 3.63) is 83.9 Å². The van der Waals surface area contributed by atoms with Crippen LogP contribution in [0, 0.1) is 17.8 Å². The molecule has 0 aromatic heterocycles. The molecule has 1 aliphatic heterocycles. The summed E-state index contributed by atoms with van der Waals surface area (Å²) in [5.74, 6) is -0.560. The minimum atomic E-state index is -0.904. The van der Waals surface area contributed by atoms with E-state index in [1.54, 1.807) is 4.90 Å². The van der Waals surface area contributed by atoms with E-state index in [2.05, 4.69) is 37.5 Å². The third-order valence-electron chi connectivity index (χ3n) is 7.92. The minimum absolute atomic E-state index is 0.0858. The van der Waals surface area contributed by atoms with Crippen molar-refractivity contribution >= 4 is 23.9 Å². The summed E-state index contributed by atoms with van der Waals surface area (Å²) in [5, 5.41) is 5.49. The van der Waals surface area contributed by atoms with Crippen molar-refractivity contribution in [3.8, 4) is 0 Å². The van der Waals surface area contributed by atoms with E-state index in [1.807, 2.05) is 66.7 Å². The van der Waals surface area contributed by atoms with Crippen molar-refractivity contribution in [2.45, 2.75) is 78.0 Å². The van der Waals surface area contributed by atoms with E-state index < -0.39 is 30.1 Å². The third kappa shape index (κ3) is 12.0. The van der Waals surface area contributed by atoms with Crippen LogP contribution in [0.4, 0.5) is 4.79 Å². The van der Waals surface area contributed by atoms with Gasteiger partial charge in [0.1, 0.15) is 18.7 Å². The monoisotopic (exact) mass is 619 g/mol. The molecule has 1 fully saturated rings. The summed E-state index contributed by atoms with van der Waals surface area (Å²) in [6, 6.07) is 17.7. The quantitative estimate of drug-likeness (QED) is 0.147. The number of esters is 1. The van der Waals surface area contributed by atoms with Gasteiger partial charge >= 0.3 is 12.1 Å². The minimum Gasteiger partial charge on any atom is -0.467 e. The second kappa shape index (κ2) is 18.6. The zero-order valence-corrected chi connectivity index (χ0v) is 27.1. The number of nitrogens with zero attached hydrogens (tertiary/aromatic N) is 1.